The number of nitrogen functional groups attached to an aromatic ring is 1. The molecule has 3 aromatic carbocycles. The molecule has 0 saturated heterocycles. The lowest BCUT2D eigenvalue weighted by Gasteiger charge is -2.15. The van der Waals surface area contributed by atoms with E-state index in [2.05, 4.69) is 15.9 Å². The molecule has 0 fully saturated rings. The highest BCUT2D eigenvalue weighted by molar-refractivity contribution is 5.98. The summed E-state index contributed by atoms with van der Waals surface area (Å²) in [7, 11) is 0. The number of phenols is 1. The van der Waals surface area contributed by atoms with Crippen molar-refractivity contribution >= 4 is 27.8 Å². The van der Waals surface area contributed by atoms with E-state index in [9.17, 15) is 14.3 Å². The lowest BCUT2D eigenvalue weighted by Crippen LogP contribution is -2.28. The highest BCUT2D eigenvalue weighted by atomic mass is 19.1. The molecule has 0 aliphatic heterocycles. The van der Waals surface area contributed by atoms with Crippen molar-refractivity contribution in [1.29, 1.82) is 0 Å². The number of anilines is 1. The Morgan fingerprint density at radius 2 is 1.74 bits per heavy atom. The Kier molecular flexibility index (Phi) is 5.73. The number of aromatic nitrogens is 6. The fourth-order valence-electron chi connectivity index (χ4n) is 4.58. The molecule has 0 amide bonds. The van der Waals surface area contributed by atoms with Crippen molar-refractivity contribution in [2.24, 2.45) is 0 Å². The molecule has 0 spiro atoms. The van der Waals surface area contributed by atoms with Gasteiger partial charge in [-0.25, -0.2) is 24.0 Å². The predicted octanol–water partition coefficient (Wildman–Crippen LogP) is 3.71. The molecular formula is C29H20FN7O2. The molecule has 6 aromatic rings. The molecule has 3 heterocycles. The summed E-state index contributed by atoms with van der Waals surface area (Å²) >= 11 is 0. The highest BCUT2D eigenvalue weighted by Gasteiger charge is 2.20. The molecule has 3 N–H and O–H groups in total. The van der Waals surface area contributed by atoms with Gasteiger partial charge in [0.15, 0.2) is 5.65 Å². The van der Waals surface area contributed by atoms with E-state index in [1.54, 1.807) is 59.3 Å². The average molecular weight is 518 g/mol. The van der Waals surface area contributed by atoms with Crippen molar-refractivity contribution in [3.8, 4) is 29.4 Å². The van der Waals surface area contributed by atoms with Crippen molar-refractivity contribution in [3.05, 3.63) is 106 Å². The maximum atomic E-state index is 13.8. The second-order valence-electron chi connectivity index (χ2n) is 8.90. The van der Waals surface area contributed by atoms with Gasteiger partial charge in [0.2, 0.25) is 0 Å². The summed E-state index contributed by atoms with van der Waals surface area (Å²) in [5.74, 6) is 2.94. The number of nitrogens with two attached hydrogens (primary N) is 1. The molecule has 0 bridgehead atoms. The molecule has 190 valence electrons. The largest absolute Gasteiger partial charge is 0.508 e. The minimum absolute atomic E-state index is 0.0672. The highest BCUT2D eigenvalue weighted by Crippen LogP contribution is 2.31. The lowest BCUT2D eigenvalue weighted by molar-refractivity contribution is 0.475. The van der Waals surface area contributed by atoms with Crippen molar-refractivity contribution in [2.75, 3.05) is 5.73 Å². The van der Waals surface area contributed by atoms with Gasteiger partial charge < -0.3 is 10.8 Å². The van der Waals surface area contributed by atoms with Gasteiger partial charge >= 0.3 is 0 Å². The number of terminal acetylenes is 1. The van der Waals surface area contributed by atoms with Crippen LogP contribution in [0.25, 0.3) is 33.2 Å². The molecule has 6 rings (SSSR count). The van der Waals surface area contributed by atoms with Gasteiger partial charge in [0.05, 0.1) is 22.8 Å². The Morgan fingerprint density at radius 3 is 2.49 bits per heavy atom. The van der Waals surface area contributed by atoms with E-state index >= 15 is 0 Å². The molecule has 0 radical (unpaired) electrons. The second kappa shape index (κ2) is 9.39. The minimum atomic E-state index is -0.375. The Labute approximate surface area is 221 Å². The molecule has 0 saturated carbocycles. The van der Waals surface area contributed by atoms with Crippen LogP contribution in [0.2, 0.25) is 0 Å². The molecule has 0 unspecified atom stereocenters. The topological polar surface area (TPSA) is 125 Å². The molecule has 39 heavy (non-hydrogen) atoms. The van der Waals surface area contributed by atoms with Crippen LogP contribution in [0.3, 0.4) is 0 Å². The third-order valence-electron chi connectivity index (χ3n) is 6.46. The van der Waals surface area contributed by atoms with Crippen LogP contribution in [0.15, 0.2) is 77.9 Å². The molecule has 0 aliphatic rings. The first kappa shape index (κ1) is 23.8. The van der Waals surface area contributed by atoms with Crippen LogP contribution in [0.5, 0.6) is 5.75 Å². The van der Waals surface area contributed by atoms with Crippen molar-refractivity contribution < 1.29 is 9.50 Å². The SMILES string of the molecule is C#Cc1cccc2nc(Cn3nc(-c4ccc(O)cc4)c4c(N)ncnc43)n(Cc3ccc(F)cc3)c(=O)c12. The lowest BCUT2D eigenvalue weighted by atomic mass is 10.1. The van der Waals surface area contributed by atoms with E-state index in [1.807, 2.05) is 0 Å². The van der Waals surface area contributed by atoms with Crippen LogP contribution in [-0.2, 0) is 13.1 Å². The normalized spacial score (nSPS) is 11.2. The first-order chi connectivity index (χ1) is 18.9. The number of rotatable bonds is 5. The van der Waals surface area contributed by atoms with E-state index in [0.717, 1.165) is 0 Å². The quantitative estimate of drug-likeness (QED) is 0.334. The summed E-state index contributed by atoms with van der Waals surface area (Å²) in [5, 5.41) is 15.4. The Bertz CT molecular complexity index is 1970. The van der Waals surface area contributed by atoms with Gasteiger partial charge in [0, 0.05) is 11.1 Å². The number of phenolic OH excluding ortho intramolecular Hbond substituents is 1. The molecule has 0 aliphatic carbocycles. The first-order valence-electron chi connectivity index (χ1n) is 11.9. The fourth-order valence-corrected chi connectivity index (χ4v) is 4.58. The maximum Gasteiger partial charge on any atom is 0.263 e. The van der Waals surface area contributed by atoms with E-state index in [-0.39, 0.29) is 36.0 Å². The molecule has 3 aromatic heterocycles. The van der Waals surface area contributed by atoms with Gasteiger partial charge in [-0.1, -0.05) is 24.1 Å². The summed E-state index contributed by atoms with van der Waals surface area (Å²) in [6.45, 7) is 0.204. The number of hydrogen-bond acceptors (Lipinski definition) is 7. The summed E-state index contributed by atoms with van der Waals surface area (Å²) in [6, 6.07) is 17.6. The zero-order chi connectivity index (χ0) is 27.1. The zero-order valence-electron chi connectivity index (χ0n) is 20.4. The zero-order valence-corrected chi connectivity index (χ0v) is 20.4. The standard InChI is InChI=1S/C29H20FN7O2/c1-2-18-4-3-5-22-24(18)29(39)36(14-17-6-10-20(30)11-7-17)23(34-22)15-37-28-25(27(31)32-16-33-28)26(35-37)19-8-12-21(38)13-9-19/h1,3-13,16,38H,14-15H2,(H2,31,32,33). The van der Waals surface area contributed by atoms with E-state index < -0.39 is 0 Å². The van der Waals surface area contributed by atoms with Crippen LogP contribution >= 0.6 is 0 Å². The number of benzene rings is 3. The second-order valence-corrected chi connectivity index (χ2v) is 8.90. The number of fused-ring (bicyclic) bond motifs is 2. The number of aromatic hydroxyl groups is 1. The first-order valence-corrected chi connectivity index (χ1v) is 11.9. The average Bonchev–Trinajstić information content (AvgIpc) is 3.31. The number of nitrogens with zero attached hydrogens (tertiary/aromatic N) is 6. The number of halogens is 1. The van der Waals surface area contributed by atoms with Gasteiger partial charge in [-0.3, -0.25) is 9.36 Å². The third-order valence-corrected chi connectivity index (χ3v) is 6.46. The number of hydrogen-bond donors (Lipinski definition) is 2. The van der Waals surface area contributed by atoms with E-state index in [1.165, 1.54) is 23.0 Å². The fraction of sp³-hybridized carbons (Fsp3) is 0.0690. The van der Waals surface area contributed by atoms with Crippen LogP contribution < -0.4 is 11.3 Å². The third kappa shape index (κ3) is 4.22. The van der Waals surface area contributed by atoms with Crippen LogP contribution in [0.1, 0.15) is 17.0 Å². The Hall–Kier alpha value is -5.56. The van der Waals surface area contributed by atoms with Crippen LogP contribution in [-0.4, -0.2) is 34.4 Å². The van der Waals surface area contributed by atoms with Gasteiger partial charge in [0.25, 0.3) is 5.56 Å². The predicted molar refractivity (Wildman–Crippen MR) is 145 cm³/mol. The summed E-state index contributed by atoms with van der Waals surface area (Å²) in [5.41, 5.74) is 9.17. The minimum Gasteiger partial charge on any atom is -0.508 e. The van der Waals surface area contributed by atoms with E-state index in [4.69, 9.17) is 22.2 Å². The monoisotopic (exact) mass is 517 g/mol. The van der Waals surface area contributed by atoms with Crippen molar-refractivity contribution in [3.63, 3.8) is 0 Å². The summed E-state index contributed by atoms with van der Waals surface area (Å²) in [6.07, 6.45) is 7.03. The summed E-state index contributed by atoms with van der Waals surface area (Å²) < 4.78 is 16.7. The van der Waals surface area contributed by atoms with Gasteiger partial charge in [-0.15, -0.1) is 6.42 Å². The van der Waals surface area contributed by atoms with Gasteiger partial charge in [-0.05, 0) is 54.1 Å². The molecule has 0 atom stereocenters. The molecule has 9 nitrogen and oxygen atoms in total. The van der Waals surface area contributed by atoms with E-state index in [0.29, 0.717) is 50.1 Å². The smallest absolute Gasteiger partial charge is 0.263 e. The van der Waals surface area contributed by atoms with Crippen LogP contribution in [0.4, 0.5) is 10.2 Å². The van der Waals surface area contributed by atoms with Crippen LogP contribution in [0, 0.1) is 18.2 Å². The van der Waals surface area contributed by atoms with Crippen molar-refractivity contribution in [2.45, 2.75) is 13.1 Å². The van der Waals surface area contributed by atoms with Gasteiger partial charge in [-0.2, -0.15) is 5.10 Å². The Balaban J connectivity index is 1.56. The Morgan fingerprint density at radius 1 is 0.974 bits per heavy atom. The van der Waals surface area contributed by atoms with Crippen molar-refractivity contribution in [1.82, 2.24) is 29.3 Å². The van der Waals surface area contributed by atoms with Gasteiger partial charge in [0.1, 0.15) is 41.8 Å². The maximum absolute atomic E-state index is 13.8. The summed E-state index contributed by atoms with van der Waals surface area (Å²) in [4.78, 5) is 27.2. The molecule has 10 heteroatoms. The molecular weight excluding hydrogens is 497 g/mol.